The molecule has 2 aliphatic rings. The fourth-order valence-corrected chi connectivity index (χ4v) is 3.85. The highest BCUT2D eigenvalue weighted by Gasteiger charge is 2.40. The van der Waals surface area contributed by atoms with Crippen LogP contribution < -0.4 is 0 Å². The van der Waals surface area contributed by atoms with E-state index in [-0.39, 0.29) is 0 Å². The van der Waals surface area contributed by atoms with Crippen molar-refractivity contribution in [1.29, 1.82) is 0 Å². The van der Waals surface area contributed by atoms with Crippen LogP contribution in [0, 0.1) is 6.92 Å². The summed E-state index contributed by atoms with van der Waals surface area (Å²) in [6.45, 7) is 8.04. The number of aryl methyl sites for hydroxylation is 1. The quantitative estimate of drug-likeness (QED) is 0.390. The molecule has 20 heteroatoms. The number of aromatic nitrogens is 1. The summed E-state index contributed by atoms with van der Waals surface area (Å²) >= 11 is 0. The van der Waals surface area contributed by atoms with E-state index in [0.29, 0.717) is 18.8 Å². The number of carboxylic acids is 3. The molecule has 11 nitrogen and oxygen atoms in total. The number of hydrogen-bond donors (Lipinski definition) is 3. The second kappa shape index (κ2) is 17.0. The van der Waals surface area contributed by atoms with Crippen molar-refractivity contribution >= 4 is 17.9 Å². The third kappa shape index (κ3) is 15.6. The first-order valence-electron chi connectivity index (χ1n) is 12.5. The number of aliphatic carboxylic acids is 3. The summed E-state index contributed by atoms with van der Waals surface area (Å²) in [6.07, 6.45) is -10.2. The Morgan fingerprint density at radius 1 is 0.889 bits per heavy atom. The maximum atomic E-state index is 10.6. The standard InChI is InChI=1S/C19H25N3O2.3C2HF3O2/c1-15-3-2-4-17(20-15)14-24-19-9-18-11-21(6-7-22(18)12-19)10-16-5-8-23-13-16;3*3-2(4,5)1(6)7/h2-5,8,13,18-19H,6-7,9-12,14H2,1H3;3*(H,6,7). The fourth-order valence-electron chi connectivity index (χ4n) is 3.85. The van der Waals surface area contributed by atoms with Crippen molar-refractivity contribution < 1.29 is 78.4 Å². The molecule has 3 N–H and O–H groups in total. The first kappa shape index (κ1) is 39.1. The summed E-state index contributed by atoms with van der Waals surface area (Å²) in [7, 11) is 0. The average Bonchev–Trinajstić information content (AvgIpc) is 3.56. The van der Waals surface area contributed by atoms with E-state index in [1.807, 2.05) is 31.4 Å². The molecular weight excluding hydrogens is 641 g/mol. The molecule has 0 radical (unpaired) electrons. The summed E-state index contributed by atoms with van der Waals surface area (Å²) in [5.74, 6) is -8.27. The van der Waals surface area contributed by atoms with Crippen molar-refractivity contribution in [3.05, 3.63) is 53.7 Å². The van der Waals surface area contributed by atoms with E-state index in [1.54, 1.807) is 6.26 Å². The molecule has 4 heterocycles. The third-order valence-corrected chi connectivity index (χ3v) is 5.79. The van der Waals surface area contributed by atoms with Gasteiger partial charge in [0.2, 0.25) is 0 Å². The highest BCUT2D eigenvalue weighted by Crippen LogP contribution is 2.25. The van der Waals surface area contributed by atoms with Crippen molar-refractivity contribution in [2.75, 3.05) is 26.2 Å². The highest BCUT2D eigenvalue weighted by molar-refractivity contribution is 5.73. The molecule has 0 aliphatic carbocycles. The van der Waals surface area contributed by atoms with Gasteiger partial charge in [-0.15, -0.1) is 0 Å². The number of ether oxygens (including phenoxy) is 1. The van der Waals surface area contributed by atoms with Crippen LogP contribution in [-0.2, 0) is 32.3 Å². The van der Waals surface area contributed by atoms with Crippen LogP contribution >= 0.6 is 0 Å². The van der Waals surface area contributed by atoms with E-state index in [9.17, 15) is 39.5 Å². The van der Waals surface area contributed by atoms with Gasteiger partial charge in [0.1, 0.15) is 0 Å². The van der Waals surface area contributed by atoms with Crippen LogP contribution in [0.2, 0.25) is 0 Å². The van der Waals surface area contributed by atoms with Crippen LogP contribution in [0.5, 0.6) is 0 Å². The number of fused-ring (bicyclic) bond motifs is 1. The molecule has 0 amide bonds. The zero-order valence-electron chi connectivity index (χ0n) is 23.2. The summed E-state index contributed by atoms with van der Waals surface area (Å²) < 4.78 is 107. The number of rotatable bonds is 5. The predicted molar refractivity (Wildman–Crippen MR) is 133 cm³/mol. The molecule has 254 valence electrons. The van der Waals surface area contributed by atoms with Gasteiger partial charge in [-0.2, -0.15) is 39.5 Å². The SMILES string of the molecule is Cc1cccc(COC2CC3CN(Cc4ccoc4)CCN3C2)n1.O=C(O)C(F)(F)F.O=C(O)C(F)(F)F.O=C(O)C(F)(F)F. The monoisotopic (exact) mass is 669 g/mol. The van der Waals surface area contributed by atoms with Crippen LogP contribution in [0.3, 0.4) is 0 Å². The van der Waals surface area contributed by atoms with Gasteiger partial charge in [-0.05, 0) is 31.5 Å². The zero-order valence-corrected chi connectivity index (χ0v) is 23.2. The Bertz CT molecular complexity index is 1160. The molecule has 2 aliphatic heterocycles. The Hall–Kier alpha value is -3.91. The molecule has 2 fully saturated rings. The molecule has 4 rings (SSSR count). The molecule has 2 saturated heterocycles. The highest BCUT2D eigenvalue weighted by atomic mass is 19.4. The molecular formula is C25H28F9N3O8. The molecule has 2 atom stereocenters. The molecule has 2 aromatic rings. The lowest BCUT2D eigenvalue weighted by atomic mass is 10.1. The zero-order chi connectivity index (χ0) is 34.6. The minimum atomic E-state index is -5.08. The second-order valence-corrected chi connectivity index (χ2v) is 9.36. The lowest BCUT2D eigenvalue weighted by Crippen LogP contribution is -2.49. The van der Waals surface area contributed by atoms with Gasteiger partial charge in [0.25, 0.3) is 0 Å². The maximum absolute atomic E-state index is 10.6. The normalized spacial score (nSPS) is 18.6. The van der Waals surface area contributed by atoms with Gasteiger partial charge in [-0.3, -0.25) is 14.8 Å². The molecule has 2 aromatic heterocycles. The van der Waals surface area contributed by atoms with Crippen LogP contribution in [-0.4, -0.2) is 105 Å². The van der Waals surface area contributed by atoms with Gasteiger partial charge >= 0.3 is 36.4 Å². The number of nitrogens with zero attached hydrogens (tertiary/aromatic N) is 3. The first-order chi connectivity index (χ1) is 20.6. The smallest absolute Gasteiger partial charge is 0.475 e. The number of carboxylic acid groups (broad SMARTS) is 3. The second-order valence-electron chi connectivity index (χ2n) is 9.36. The van der Waals surface area contributed by atoms with E-state index in [1.165, 1.54) is 5.56 Å². The Morgan fingerprint density at radius 2 is 1.42 bits per heavy atom. The molecule has 0 saturated carbocycles. The average molecular weight is 669 g/mol. The summed E-state index contributed by atoms with van der Waals surface area (Å²) in [5.41, 5.74) is 3.34. The maximum Gasteiger partial charge on any atom is 0.490 e. The lowest BCUT2D eigenvalue weighted by Gasteiger charge is -2.37. The topological polar surface area (TPSA) is 154 Å². The van der Waals surface area contributed by atoms with Crippen LogP contribution in [0.4, 0.5) is 39.5 Å². The van der Waals surface area contributed by atoms with E-state index in [2.05, 4.69) is 20.9 Å². The van der Waals surface area contributed by atoms with Crippen LogP contribution in [0.1, 0.15) is 23.4 Å². The number of piperazine rings is 1. The summed E-state index contributed by atoms with van der Waals surface area (Å²) in [4.78, 5) is 36.3. The van der Waals surface area contributed by atoms with Gasteiger partial charge in [-0.25, -0.2) is 14.4 Å². The van der Waals surface area contributed by atoms with E-state index in [0.717, 1.165) is 50.5 Å². The van der Waals surface area contributed by atoms with Crippen LogP contribution in [0.25, 0.3) is 0 Å². The van der Waals surface area contributed by atoms with Gasteiger partial charge in [-0.1, -0.05) is 6.07 Å². The number of hydrogen-bond acceptors (Lipinski definition) is 8. The van der Waals surface area contributed by atoms with Gasteiger partial charge in [0.15, 0.2) is 0 Å². The molecule has 45 heavy (non-hydrogen) atoms. The molecule has 0 spiro atoms. The Morgan fingerprint density at radius 3 is 1.87 bits per heavy atom. The Balaban J connectivity index is 0.000000396. The van der Waals surface area contributed by atoms with Crippen molar-refractivity contribution in [3.8, 4) is 0 Å². The summed E-state index contributed by atoms with van der Waals surface area (Å²) in [5, 5.41) is 21.4. The number of halogens is 9. The van der Waals surface area contributed by atoms with E-state index >= 15 is 0 Å². The predicted octanol–water partition coefficient (Wildman–Crippen LogP) is 4.36. The van der Waals surface area contributed by atoms with Crippen LogP contribution in [0.15, 0.2) is 41.2 Å². The first-order valence-corrected chi connectivity index (χ1v) is 12.5. The van der Waals surface area contributed by atoms with Crippen molar-refractivity contribution in [2.45, 2.75) is 57.2 Å². The lowest BCUT2D eigenvalue weighted by molar-refractivity contribution is -0.193. The summed E-state index contributed by atoms with van der Waals surface area (Å²) in [6, 6.07) is 8.78. The van der Waals surface area contributed by atoms with E-state index < -0.39 is 36.4 Å². The van der Waals surface area contributed by atoms with E-state index in [4.69, 9.17) is 38.9 Å². The number of alkyl halides is 9. The Labute approximate surface area is 248 Å². The van der Waals surface area contributed by atoms with Gasteiger partial charge < -0.3 is 24.5 Å². The minimum Gasteiger partial charge on any atom is -0.475 e. The van der Waals surface area contributed by atoms with Gasteiger partial charge in [0, 0.05) is 50.0 Å². The van der Waals surface area contributed by atoms with Gasteiger partial charge in [0.05, 0.1) is 30.9 Å². The number of pyridine rings is 1. The van der Waals surface area contributed by atoms with Crippen molar-refractivity contribution in [1.82, 2.24) is 14.8 Å². The number of carbonyl (C=O) groups is 3. The Kier molecular flexibility index (Phi) is 14.7. The minimum absolute atomic E-state index is 0.325. The largest absolute Gasteiger partial charge is 0.490 e. The van der Waals surface area contributed by atoms with Crippen molar-refractivity contribution in [3.63, 3.8) is 0 Å². The molecule has 2 unspecified atom stereocenters. The fraction of sp³-hybridized carbons (Fsp3) is 0.520. The molecule has 0 aromatic carbocycles. The third-order valence-electron chi connectivity index (χ3n) is 5.79. The van der Waals surface area contributed by atoms with Crippen molar-refractivity contribution in [2.24, 2.45) is 0 Å². The number of furan rings is 1. The molecule has 0 bridgehead atoms.